The Kier molecular flexibility index (Phi) is 9.27. The molecule has 0 saturated heterocycles. The monoisotopic (exact) mass is 291 g/mol. The van der Waals surface area contributed by atoms with E-state index in [1.165, 1.54) is 31.4 Å². The molecule has 0 saturated carbocycles. The van der Waals surface area contributed by atoms with Crippen LogP contribution in [0.2, 0.25) is 0 Å². The Labute approximate surface area is 131 Å². The first-order chi connectivity index (χ1) is 10.2. The van der Waals surface area contributed by atoms with Gasteiger partial charge in [0, 0.05) is 36.9 Å². The third kappa shape index (κ3) is 6.58. The number of nitrogens with zero attached hydrogens (tertiary/aromatic N) is 2. The maximum Gasteiger partial charge on any atom is 0.0416 e. The van der Waals surface area contributed by atoms with Crippen molar-refractivity contribution in [2.45, 2.75) is 65.0 Å². The van der Waals surface area contributed by atoms with Crippen LogP contribution in [0.25, 0.3) is 0 Å². The Morgan fingerprint density at radius 1 is 1.19 bits per heavy atom. The molecule has 21 heavy (non-hydrogen) atoms. The molecule has 1 N–H and O–H groups in total. The SMILES string of the molecule is CCCNC(CCC)C(CC)N(C)CCc1ccccn1. The fourth-order valence-corrected chi connectivity index (χ4v) is 2.98. The zero-order valence-corrected chi connectivity index (χ0v) is 14.3. The summed E-state index contributed by atoms with van der Waals surface area (Å²) in [7, 11) is 2.26. The van der Waals surface area contributed by atoms with Gasteiger partial charge in [-0.1, -0.05) is 33.3 Å². The van der Waals surface area contributed by atoms with E-state index in [2.05, 4.69) is 55.2 Å². The van der Waals surface area contributed by atoms with Crippen molar-refractivity contribution < 1.29 is 0 Å². The van der Waals surface area contributed by atoms with Gasteiger partial charge in [-0.25, -0.2) is 0 Å². The molecule has 0 radical (unpaired) electrons. The number of nitrogens with one attached hydrogen (secondary N) is 1. The van der Waals surface area contributed by atoms with Crippen molar-refractivity contribution in [3.05, 3.63) is 30.1 Å². The van der Waals surface area contributed by atoms with Gasteiger partial charge in [-0.3, -0.25) is 4.98 Å². The lowest BCUT2D eigenvalue weighted by Crippen LogP contribution is -2.49. The van der Waals surface area contributed by atoms with Crippen LogP contribution in [0.3, 0.4) is 0 Å². The van der Waals surface area contributed by atoms with Crippen molar-refractivity contribution >= 4 is 0 Å². The molecular weight excluding hydrogens is 258 g/mol. The van der Waals surface area contributed by atoms with E-state index in [0.29, 0.717) is 12.1 Å². The summed E-state index contributed by atoms with van der Waals surface area (Å²) in [5.41, 5.74) is 1.19. The molecule has 3 heteroatoms. The molecule has 0 aromatic carbocycles. The molecule has 0 aliphatic carbocycles. The maximum absolute atomic E-state index is 4.42. The fourth-order valence-electron chi connectivity index (χ4n) is 2.98. The van der Waals surface area contributed by atoms with E-state index >= 15 is 0 Å². The molecule has 0 aliphatic rings. The summed E-state index contributed by atoms with van der Waals surface area (Å²) in [5, 5.41) is 3.74. The Morgan fingerprint density at radius 3 is 2.57 bits per heavy atom. The summed E-state index contributed by atoms with van der Waals surface area (Å²) in [6.45, 7) is 9.01. The van der Waals surface area contributed by atoms with Crippen LogP contribution in [-0.4, -0.2) is 42.1 Å². The van der Waals surface area contributed by atoms with Gasteiger partial charge in [0.05, 0.1) is 0 Å². The summed E-state index contributed by atoms with van der Waals surface area (Å²) in [4.78, 5) is 6.94. The van der Waals surface area contributed by atoms with Gasteiger partial charge >= 0.3 is 0 Å². The average molecular weight is 291 g/mol. The predicted molar refractivity (Wildman–Crippen MR) is 91.6 cm³/mol. The molecule has 1 aromatic heterocycles. The Balaban J connectivity index is 2.54. The number of rotatable bonds is 11. The third-order valence-electron chi connectivity index (χ3n) is 4.15. The summed E-state index contributed by atoms with van der Waals surface area (Å²) in [6, 6.07) is 7.39. The minimum Gasteiger partial charge on any atom is -0.312 e. The molecule has 0 fully saturated rings. The van der Waals surface area contributed by atoms with Crippen LogP contribution >= 0.6 is 0 Å². The van der Waals surface area contributed by atoms with Crippen LogP contribution in [0.1, 0.15) is 52.1 Å². The second kappa shape index (κ2) is 10.7. The number of hydrogen-bond donors (Lipinski definition) is 1. The van der Waals surface area contributed by atoms with Crippen molar-refractivity contribution in [1.82, 2.24) is 15.2 Å². The normalized spacial score (nSPS) is 14.3. The van der Waals surface area contributed by atoms with E-state index < -0.39 is 0 Å². The Bertz CT molecular complexity index is 353. The highest BCUT2D eigenvalue weighted by molar-refractivity contribution is 5.03. The van der Waals surface area contributed by atoms with Crippen molar-refractivity contribution in [1.29, 1.82) is 0 Å². The van der Waals surface area contributed by atoms with Gasteiger partial charge in [0.1, 0.15) is 0 Å². The Hall–Kier alpha value is -0.930. The van der Waals surface area contributed by atoms with Crippen LogP contribution in [0.5, 0.6) is 0 Å². The maximum atomic E-state index is 4.42. The first-order valence-electron chi connectivity index (χ1n) is 8.56. The van der Waals surface area contributed by atoms with E-state index in [1.54, 1.807) is 0 Å². The van der Waals surface area contributed by atoms with Crippen molar-refractivity contribution in [2.24, 2.45) is 0 Å². The molecule has 3 nitrogen and oxygen atoms in total. The van der Waals surface area contributed by atoms with Crippen LogP contribution in [-0.2, 0) is 6.42 Å². The summed E-state index contributed by atoms with van der Waals surface area (Å²) >= 11 is 0. The fraction of sp³-hybridized carbons (Fsp3) is 0.722. The van der Waals surface area contributed by atoms with Gasteiger partial charge < -0.3 is 10.2 Å². The standard InChI is InChI=1S/C18H33N3/c1-5-10-17(20-13-6-2)18(7-3)21(4)15-12-16-11-8-9-14-19-16/h8-9,11,14,17-18,20H,5-7,10,12-13,15H2,1-4H3. The lowest BCUT2D eigenvalue weighted by atomic mass is 9.99. The van der Waals surface area contributed by atoms with Gasteiger partial charge in [-0.05, 0) is 45.0 Å². The van der Waals surface area contributed by atoms with Crippen LogP contribution in [0.15, 0.2) is 24.4 Å². The molecule has 1 heterocycles. The Morgan fingerprint density at radius 2 is 2.00 bits per heavy atom. The van der Waals surface area contributed by atoms with Gasteiger partial charge in [0.25, 0.3) is 0 Å². The van der Waals surface area contributed by atoms with Crippen molar-refractivity contribution in [3.63, 3.8) is 0 Å². The topological polar surface area (TPSA) is 28.2 Å². The second-order valence-electron chi connectivity index (χ2n) is 5.88. The van der Waals surface area contributed by atoms with Gasteiger partial charge in [0.15, 0.2) is 0 Å². The molecule has 0 amide bonds. The zero-order valence-electron chi connectivity index (χ0n) is 14.3. The zero-order chi connectivity index (χ0) is 15.5. The molecule has 0 spiro atoms. The number of hydrogen-bond acceptors (Lipinski definition) is 3. The largest absolute Gasteiger partial charge is 0.312 e. The highest BCUT2D eigenvalue weighted by atomic mass is 15.2. The van der Waals surface area contributed by atoms with Crippen LogP contribution in [0, 0.1) is 0 Å². The lowest BCUT2D eigenvalue weighted by molar-refractivity contribution is 0.180. The van der Waals surface area contributed by atoms with Crippen molar-refractivity contribution in [2.75, 3.05) is 20.1 Å². The number of likely N-dealkylation sites (N-methyl/N-ethyl adjacent to an activating group) is 1. The van der Waals surface area contributed by atoms with E-state index in [-0.39, 0.29) is 0 Å². The summed E-state index contributed by atoms with van der Waals surface area (Å²) < 4.78 is 0. The van der Waals surface area contributed by atoms with Gasteiger partial charge in [-0.2, -0.15) is 0 Å². The van der Waals surface area contributed by atoms with Crippen LogP contribution < -0.4 is 5.32 Å². The number of aromatic nitrogens is 1. The first kappa shape index (κ1) is 18.1. The number of pyridine rings is 1. The molecule has 120 valence electrons. The second-order valence-corrected chi connectivity index (χ2v) is 5.88. The highest BCUT2D eigenvalue weighted by Gasteiger charge is 2.22. The molecule has 1 aromatic rings. The van der Waals surface area contributed by atoms with Crippen molar-refractivity contribution in [3.8, 4) is 0 Å². The average Bonchev–Trinajstić information content (AvgIpc) is 2.52. The first-order valence-corrected chi connectivity index (χ1v) is 8.56. The summed E-state index contributed by atoms with van der Waals surface area (Å²) in [6.07, 6.45) is 7.81. The molecule has 2 unspecified atom stereocenters. The minimum absolute atomic E-state index is 0.605. The molecule has 1 rings (SSSR count). The van der Waals surface area contributed by atoms with Crippen LogP contribution in [0.4, 0.5) is 0 Å². The minimum atomic E-state index is 0.605. The third-order valence-corrected chi connectivity index (χ3v) is 4.15. The quantitative estimate of drug-likeness (QED) is 0.676. The molecular formula is C18H33N3. The predicted octanol–water partition coefficient (Wildman–Crippen LogP) is 3.50. The lowest BCUT2D eigenvalue weighted by Gasteiger charge is -2.35. The van der Waals surface area contributed by atoms with E-state index in [9.17, 15) is 0 Å². The van der Waals surface area contributed by atoms with Gasteiger partial charge in [0.2, 0.25) is 0 Å². The van der Waals surface area contributed by atoms with E-state index in [0.717, 1.165) is 19.5 Å². The summed E-state index contributed by atoms with van der Waals surface area (Å²) in [5.74, 6) is 0. The molecule has 2 atom stereocenters. The van der Waals surface area contributed by atoms with Gasteiger partial charge in [-0.15, -0.1) is 0 Å². The van der Waals surface area contributed by atoms with E-state index in [1.807, 2.05) is 12.3 Å². The van der Waals surface area contributed by atoms with E-state index in [4.69, 9.17) is 0 Å². The smallest absolute Gasteiger partial charge is 0.0416 e. The molecule has 0 bridgehead atoms. The molecule has 0 aliphatic heterocycles. The highest BCUT2D eigenvalue weighted by Crippen LogP contribution is 2.13.